The Morgan fingerprint density at radius 2 is 1.51 bits per heavy atom. The van der Waals surface area contributed by atoms with E-state index in [-0.39, 0.29) is 10.8 Å². The van der Waals surface area contributed by atoms with E-state index in [2.05, 4.69) is 10.6 Å². The molecule has 1 aromatic heterocycles. The van der Waals surface area contributed by atoms with Crippen LogP contribution in [0.2, 0.25) is 0 Å². The third-order valence-corrected chi connectivity index (χ3v) is 10.2. The maximum atomic E-state index is 13.3. The summed E-state index contributed by atoms with van der Waals surface area (Å²) in [6.45, 7) is 3.67. The van der Waals surface area contributed by atoms with Gasteiger partial charge in [-0.2, -0.15) is 4.31 Å². The van der Waals surface area contributed by atoms with Crippen molar-refractivity contribution in [2.24, 2.45) is 5.92 Å². The number of carbonyl (C=O) groups is 1. The van der Waals surface area contributed by atoms with Gasteiger partial charge in [0.1, 0.15) is 18.2 Å². The molecule has 0 bridgehead atoms. The van der Waals surface area contributed by atoms with Crippen LogP contribution in [-0.4, -0.2) is 59.3 Å². The Morgan fingerprint density at radius 1 is 0.829 bits per heavy atom. The van der Waals surface area contributed by atoms with Crippen LogP contribution in [0.3, 0.4) is 0 Å². The molecule has 1 amide bonds. The lowest BCUT2D eigenvalue weighted by Gasteiger charge is -2.32. The van der Waals surface area contributed by atoms with Crippen molar-refractivity contribution in [1.29, 1.82) is 0 Å². The number of likely N-dealkylation sites (tertiary alicyclic amines) is 1. The fourth-order valence-corrected chi connectivity index (χ4v) is 7.40. The smallest absolute Gasteiger partial charge is 0.253 e. The SMILES string of the molecule is O=C(c1ccc(S(=O)(=O)N2CCCCC2)cc1)N1CCC(Cn2c(COc3ccccc3)nc3ccccc32)CC1. The second-order valence-corrected chi connectivity index (χ2v) is 12.9. The van der Waals surface area contributed by atoms with Gasteiger partial charge in [-0.15, -0.1) is 0 Å². The molecule has 0 unspecified atom stereocenters. The van der Waals surface area contributed by atoms with Gasteiger partial charge in [-0.3, -0.25) is 4.79 Å². The average Bonchev–Trinajstić information content (AvgIpc) is 3.38. The van der Waals surface area contributed by atoms with Gasteiger partial charge in [0, 0.05) is 38.3 Å². The summed E-state index contributed by atoms with van der Waals surface area (Å²) in [6, 6.07) is 24.4. The number of nitrogens with zero attached hydrogens (tertiary/aromatic N) is 4. The molecule has 0 atom stereocenters. The lowest BCUT2D eigenvalue weighted by molar-refractivity contribution is 0.0682. The van der Waals surface area contributed by atoms with Crippen LogP contribution in [0.5, 0.6) is 5.75 Å². The molecule has 0 aliphatic carbocycles. The maximum Gasteiger partial charge on any atom is 0.253 e. The molecule has 8 nitrogen and oxygen atoms in total. The normalized spacial score (nSPS) is 17.1. The minimum Gasteiger partial charge on any atom is -0.486 e. The van der Waals surface area contributed by atoms with E-state index in [0.717, 1.165) is 61.3 Å². The summed E-state index contributed by atoms with van der Waals surface area (Å²) in [6.07, 6.45) is 4.63. The lowest BCUT2D eigenvalue weighted by atomic mass is 9.96. The topological polar surface area (TPSA) is 84.7 Å². The highest BCUT2D eigenvalue weighted by molar-refractivity contribution is 7.89. The highest BCUT2D eigenvalue weighted by Crippen LogP contribution is 2.26. The van der Waals surface area contributed by atoms with Crippen LogP contribution in [0.4, 0.5) is 0 Å². The van der Waals surface area contributed by atoms with Crippen LogP contribution in [0.15, 0.2) is 83.8 Å². The molecule has 6 rings (SSSR count). The number of hydrogen-bond acceptors (Lipinski definition) is 5. The Kier molecular flexibility index (Phi) is 8.07. The number of para-hydroxylation sites is 3. The van der Waals surface area contributed by atoms with Crippen LogP contribution in [-0.2, 0) is 23.2 Å². The van der Waals surface area contributed by atoms with E-state index >= 15 is 0 Å². The molecule has 9 heteroatoms. The van der Waals surface area contributed by atoms with Crippen molar-refractivity contribution < 1.29 is 17.9 Å². The van der Waals surface area contributed by atoms with E-state index in [1.807, 2.05) is 53.4 Å². The van der Waals surface area contributed by atoms with Crippen molar-refractivity contribution in [3.63, 3.8) is 0 Å². The maximum absolute atomic E-state index is 13.3. The molecule has 2 fully saturated rings. The van der Waals surface area contributed by atoms with Gasteiger partial charge < -0.3 is 14.2 Å². The van der Waals surface area contributed by atoms with Gasteiger partial charge in [0.25, 0.3) is 5.91 Å². The van der Waals surface area contributed by atoms with Crippen LogP contribution >= 0.6 is 0 Å². The van der Waals surface area contributed by atoms with Crippen LogP contribution in [0, 0.1) is 5.92 Å². The largest absolute Gasteiger partial charge is 0.486 e. The van der Waals surface area contributed by atoms with Crippen molar-refractivity contribution >= 4 is 27.0 Å². The van der Waals surface area contributed by atoms with Gasteiger partial charge >= 0.3 is 0 Å². The Morgan fingerprint density at radius 3 is 2.24 bits per heavy atom. The van der Waals surface area contributed by atoms with Crippen molar-refractivity contribution in [3.8, 4) is 5.75 Å². The number of ether oxygens (including phenoxy) is 1. The molecular weight excluding hydrogens is 536 g/mol. The van der Waals surface area contributed by atoms with Crippen LogP contribution in [0.25, 0.3) is 11.0 Å². The number of amides is 1. The molecule has 2 aliphatic rings. The summed E-state index contributed by atoms with van der Waals surface area (Å²) in [5.41, 5.74) is 2.58. The number of aromatic nitrogens is 2. The molecule has 0 radical (unpaired) electrons. The van der Waals surface area contributed by atoms with E-state index in [1.54, 1.807) is 28.6 Å². The summed E-state index contributed by atoms with van der Waals surface area (Å²) in [7, 11) is -3.51. The zero-order chi connectivity index (χ0) is 28.2. The standard InChI is InChI=1S/C32H36N4O4S/c37-32(26-13-15-28(16-14-26)41(38,39)35-19-7-2-8-20-35)34-21-17-25(18-22-34)23-36-30-12-6-5-11-29(30)33-31(36)24-40-27-9-3-1-4-10-27/h1,3-6,9-16,25H,2,7-8,17-24H2. The minimum absolute atomic E-state index is 0.0459. The summed E-state index contributed by atoms with van der Waals surface area (Å²) in [4.78, 5) is 20.3. The quantitative estimate of drug-likeness (QED) is 0.285. The summed E-state index contributed by atoms with van der Waals surface area (Å²) in [5.74, 6) is 2.07. The Balaban J connectivity index is 1.09. The average molecular weight is 573 g/mol. The van der Waals surface area contributed by atoms with E-state index < -0.39 is 10.0 Å². The molecular formula is C32H36N4O4S. The highest BCUT2D eigenvalue weighted by Gasteiger charge is 2.28. The van der Waals surface area contributed by atoms with E-state index in [1.165, 1.54) is 0 Å². The van der Waals surface area contributed by atoms with Crippen molar-refractivity contribution in [2.75, 3.05) is 26.2 Å². The number of hydrogen-bond donors (Lipinski definition) is 0. The fraction of sp³-hybridized carbons (Fsp3) is 0.375. The third kappa shape index (κ3) is 6.01. The predicted molar refractivity (Wildman–Crippen MR) is 158 cm³/mol. The van der Waals surface area contributed by atoms with Crippen LogP contribution in [0.1, 0.15) is 48.3 Å². The van der Waals surface area contributed by atoms with E-state index in [4.69, 9.17) is 9.72 Å². The molecule has 3 aromatic carbocycles. The number of imidazole rings is 1. The number of fused-ring (bicyclic) bond motifs is 1. The van der Waals surface area contributed by atoms with Gasteiger partial charge in [-0.1, -0.05) is 36.8 Å². The monoisotopic (exact) mass is 572 g/mol. The second kappa shape index (κ2) is 12.0. The van der Waals surface area contributed by atoms with Gasteiger partial charge in [-0.25, -0.2) is 13.4 Å². The van der Waals surface area contributed by atoms with Gasteiger partial charge in [-0.05, 0) is 80.1 Å². The molecule has 214 valence electrons. The molecule has 0 spiro atoms. The zero-order valence-corrected chi connectivity index (χ0v) is 24.0. The summed E-state index contributed by atoms with van der Waals surface area (Å²) < 4.78 is 35.8. The number of sulfonamides is 1. The Labute approximate surface area is 241 Å². The summed E-state index contributed by atoms with van der Waals surface area (Å²) >= 11 is 0. The van der Waals surface area contributed by atoms with Crippen LogP contribution < -0.4 is 4.74 Å². The Hall–Kier alpha value is -3.69. The lowest BCUT2D eigenvalue weighted by Crippen LogP contribution is -2.39. The van der Waals surface area contributed by atoms with Crippen molar-refractivity contribution in [1.82, 2.24) is 18.8 Å². The number of carbonyl (C=O) groups excluding carboxylic acids is 1. The minimum atomic E-state index is -3.51. The van der Waals surface area contributed by atoms with Crippen molar-refractivity contribution in [3.05, 3.63) is 90.3 Å². The molecule has 2 saturated heterocycles. The molecule has 2 aliphatic heterocycles. The molecule has 4 aromatic rings. The van der Waals surface area contributed by atoms with E-state index in [0.29, 0.717) is 44.3 Å². The van der Waals surface area contributed by atoms with Gasteiger partial charge in [0.2, 0.25) is 10.0 Å². The molecule has 0 saturated carbocycles. The van der Waals surface area contributed by atoms with Crippen molar-refractivity contribution in [2.45, 2.75) is 50.2 Å². The molecule has 41 heavy (non-hydrogen) atoms. The Bertz CT molecular complexity index is 1590. The third-order valence-electron chi connectivity index (χ3n) is 8.24. The first-order valence-corrected chi connectivity index (χ1v) is 15.9. The number of benzene rings is 3. The van der Waals surface area contributed by atoms with Gasteiger partial charge in [0.15, 0.2) is 0 Å². The highest BCUT2D eigenvalue weighted by atomic mass is 32.2. The van der Waals surface area contributed by atoms with E-state index in [9.17, 15) is 13.2 Å². The zero-order valence-electron chi connectivity index (χ0n) is 23.2. The second-order valence-electron chi connectivity index (χ2n) is 11.0. The summed E-state index contributed by atoms with van der Waals surface area (Å²) in [5, 5.41) is 0. The molecule has 0 N–H and O–H groups in total. The predicted octanol–water partition coefficient (Wildman–Crippen LogP) is 5.34. The first kappa shape index (κ1) is 27.5. The number of piperidine rings is 2. The molecule has 3 heterocycles. The number of rotatable bonds is 8. The first-order chi connectivity index (χ1) is 20.0. The fourth-order valence-electron chi connectivity index (χ4n) is 5.89. The first-order valence-electron chi connectivity index (χ1n) is 14.5. The van der Waals surface area contributed by atoms with Gasteiger partial charge in [0.05, 0.1) is 15.9 Å².